The highest BCUT2D eigenvalue weighted by Crippen LogP contribution is 2.23. The van der Waals surface area contributed by atoms with Gasteiger partial charge in [0.05, 0.1) is 0 Å². The maximum atomic E-state index is 5.77. The van der Waals surface area contributed by atoms with E-state index >= 15 is 0 Å². The number of hydrogen-bond acceptors (Lipinski definition) is 1. The second kappa shape index (κ2) is 5.81. The molecule has 1 atom stereocenters. The van der Waals surface area contributed by atoms with Gasteiger partial charge in [-0.25, -0.2) is 0 Å². The van der Waals surface area contributed by atoms with Gasteiger partial charge in [-0.1, -0.05) is 37.9 Å². The Morgan fingerprint density at radius 2 is 1.69 bits per heavy atom. The van der Waals surface area contributed by atoms with Crippen molar-refractivity contribution in [1.29, 1.82) is 0 Å². The van der Waals surface area contributed by atoms with Crippen LogP contribution in [-0.2, 0) is 0 Å². The van der Waals surface area contributed by atoms with Crippen LogP contribution in [0.25, 0.3) is 0 Å². The van der Waals surface area contributed by atoms with Gasteiger partial charge < -0.3 is 5.73 Å². The van der Waals surface area contributed by atoms with Crippen LogP contribution >= 0.6 is 44.3 Å². The van der Waals surface area contributed by atoms with Crippen molar-refractivity contribution < 1.29 is 0 Å². The van der Waals surface area contributed by atoms with Crippen LogP contribution in [0.2, 0.25) is 0 Å². The maximum absolute atomic E-state index is 5.77. The van der Waals surface area contributed by atoms with E-state index < -0.39 is 0 Å². The summed E-state index contributed by atoms with van der Waals surface area (Å²) in [6.45, 7) is 3.64. The molecule has 1 rings (SSSR count). The standard InChI is InChI=1S/C9H9Br2N.ClH/c1-2-9(12)6-3-7(10)5-8(11)4-6;/h2-5,9H,1,12H2;1H/t9-;/m0./s1. The fraction of sp³-hybridized carbons (Fsp3) is 0.111. The highest BCUT2D eigenvalue weighted by molar-refractivity contribution is 9.11. The molecule has 0 saturated carbocycles. The minimum Gasteiger partial charge on any atom is -0.321 e. The fourth-order valence-corrected chi connectivity index (χ4v) is 2.23. The Morgan fingerprint density at radius 3 is 2.08 bits per heavy atom. The van der Waals surface area contributed by atoms with Crippen LogP contribution in [0.3, 0.4) is 0 Å². The summed E-state index contributed by atoms with van der Waals surface area (Å²) in [5.41, 5.74) is 6.82. The third kappa shape index (κ3) is 3.81. The van der Waals surface area contributed by atoms with E-state index in [0.717, 1.165) is 14.5 Å². The minimum absolute atomic E-state index is 0. The molecular formula is C9H10Br2ClN. The zero-order chi connectivity index (χ0) is 9.14. The molecule has 0 aliphatic heterocycles. The lowest BCUT2D eigenvalue weighted by molar-refractivity contribution is 0.912. The van der Waals surface area contributed by atoms with Crippen LogP contribution in [0.15, 0.2) is 39.8 Å². The molecule has 1 aromatic carbocycles. The summed E-state index contributed by atoms with van der Waals surface area (Å²) >= 11 is 6.78. The molecule has 0 aliphatic rings. The van der Waals surface area contributed by atoms with Crippen LogP contribution in [0, 0.1) is 0 Å². The zero-order valence-electron chi connectivity index (χ0n) is 6.84. The number of benzene rings is 1. The molecule has 1 nitrogen and oxygen atoms in total. The molecule has 0 spiro atoms. The van der Waals surface area contributed by atoms with E-state index in [1.54, 1.807) is 6.08 Å². The summed E-state index contributed by atoms with van der Waals surface area (Å²) in [5, 5.41) is 0. The van der Waals surface area contributed by atoms with Gasteiger partial charge in [-0.15, -0.1) is 19.0 Å². The van der Waals surface area contributed by atoms with Gasteiger partial charge in [-0.05, 0) is 23.8 Å². The van der Waals surface area contributed by atoms with E-state index in [4.69, 9.17) is 5.73 Å². The first-order valence-corrected chi connectivity index (χ1v) is 5.06. The number of hydrogen-bond donors (Lipinski definition) is 1. The quantitative estimate of drug-likeness (QED) is 0.821. The Kier molecular flexibility index (Phi) is 5.88. The van der Waals surface area contributed by atoms with Crippen molar-refractivity contribution in [2.75, 3.05) is 0 Å². The molecule has 0 amide bonds. The second-order valence-corrected chi connectivity index (χ2v) is 4.30. The van der Waals surface area contributed by atoms with Gasteiger partial charge in [0.2, 0.25) is 0 Å². The Hall–Kier alpha value is 0.170. The topological polar surface area (TPSA) is 26.0 Å². The molecule has 0 aromatic heterocycles. The molecule has 72 valence electrons. The van der Waals surface area contributed by atoms with Crippen molar-refractivity contribution in [2.45, 2.75) is 6.04 Å². The SMILES string of the molecule is C=C[C@H](N)c1cc(Br)cc(Br)c1.Cl. The average molecular weight is 327 g/mol. The minimum atomic E-state index is -0.0983. The predicted octanol–water partition coefficient (Wildman–Crippen LogP) is 3.82. The smallest absolute Gasteiger partial charge is 0.0479 e. The van der Waals surface area contributed by atoms with Crippen molar-refractivity contribution in [3.63, 3.8) is 0 Å². The van der Waals surface area contributed by atoms with Crippen molar-refractivity contribution in [3.8, 4) is 0 Å². The van der Waals surface area contributed by atoms with Crippen LogP contribution < -0.4 is 5.73 Å². The fourth-order valence-electron chi connectivity index (χ4n) is 0.904. The molecule has 4 heteroatoms. The van der Waals surface area contributed by atoms with Gasteiger partial charge in [-0.3, -0.25) is 0 Å². The molecular weight excluding hydrogens is 317 g/mol. The lowest BCUT2D eigenvalue weighted by Gasteiger charge is -2.07. The van der Waals surface area contributed by atoms with Crippen LogP contribution in [0.5, 0.6) is 0 Å². The predicted molar refractivity (Wildman–Crippen MR) is 66.2 cm³/mol. The first-order chi connectivity index (χ1) is 5.63. The van der Waals surface area contributed by atoms with Crippen molar-refractivity contribution in [2.24, 2.45) is 5.73 Å². The van der Waals surface area contributed by atoms with Gasteiger partial charge in [0, 0.05) is 15.0 Å². The highest BCUT2D eigenvalue weighted by atomic mass is 79.9. The number of halogens is 3. The molecule has 2 N–H and O–H groups in total. The third-order valence-corrected chi connectivity index (χ3v) is 2.44. The van der Waals surface area contributed by atoms with E-state index in [-0.39, 0.29) is 18.4 Å². The van der Waals surface area contributed by atoms with Crippen molar-refractivity contribution in [3.05, 3.63) is 45.4 Å². The van der Waals surface area contributed by atoms with E-state index in [0.29, 0.717) is 0 Å². The first kappa shape index (κ1) is 13.2. The largest absolute Gasteiger partial charge is 0.321 e. The number of rotatable bonds is 2. The summed E-state index contributed by atoms with van der Waals surface area (Å²) in [4.78, 5) is 0. The molecule has 1 aromatic rings. The normalized spacial score (nSPS) is 11.6. The highest BCUT2D eigenvalue weighted by Gasteiger charge is 2.02. The summed E-state index contributed by atoms with van der Waals surface area (Å²) in [7, 11) is 0. The molecule has 0 aliphatic carbocycles. The van der Waals surface area contributed by atoms with Gasteiger partial charge in [0.25, 0.3) is 0 Å². The molecule has 0 bridgehead atoms. The number of nitrogens with two attached hydrogens (primary N) is 1. The van der Waals surface area contributed by atoms with Gasteiger partial charge in [-0.2, -0.15) is 0 Å². The van der Waals surface area contributed by atoms with Gasteiger partial charge >= 0.3 is 0 Å². The van der Waals surface area contributed by atoms with Crippen LogP contribution in [0.1, 0.15) is 11.6 Å². The molecule has 0 unspecified atom stereocenters. The van der Waals surface area contributed by atoms with E-state index in [9.17, 15) is 0 Å². The Bertz CT molecular complexity index is 281. The van der Waals surface area contributed by atoms with E-state index in [1.165, 1.54) is 0 Å². The summed E-state index contributed by atoms with van der Waals surface area (Å²) in [6, 6.07) is 5.84. The molecule has 0 saturated heterocycles. The monoisotopic (exact) mass is 325 g/mol. The Morgan fingerprint density at radius 1 is 1.23 bits per heavy atom. The van der Waals surface area contributed by atoms with Gasteiger partial charge in [0.1, 0.15) is 0 Å². The van der Waals surface area contributed by atoms with Crippen LogP contribution in [0.4, 0.5) is 0 Å². The lowest BCUT2D eigenvalue weighted by atomic mass is 10.1. The lowest BCUT2D eigenvalue weighted by Crippen LogP contribution is -2.06. The molecule has 13 heavy (non-hydrogen) atoms. The zero-order valence-corrected chi connectivity index (χ0v) is 10.8. The molecule has 0 fully saturated rings. The second-order valence-electron chi connectivity index (χ2n) is 2.46. The first-order valence-electron chi connectivity index (χ1n) is 3.47. The van der Waals surface area contributed by atoms with Crippen molar-refractivity contribution >= 4 is 44.3 Å². The van der Waals surface area contributed by atoms with E-state index in [2.05, 4.69) is 38.4 Å². The van der Waals surface area contributed by atoms with Crippen molar-refractivity contribution in [1.82, 2.24) is 0 Å². The Balaban J connectivity index is 0.00000144. The summed E-state index contributed by atoms with van der Waals surface area (Å²) in [6.07, 6.45) is 1.72. The molecule has 0 radical (unpaired) electrons. The maximum Gasteiger partial charge on any atom is 0.0479 e. The summed E-state index contributed by atoms with van der Waals surface area (Å²) < 4.78 is 2.04. The average Bonchev–Trinajstić information content (AvgIpc) is 2.01. The van der Waals surface area contributed by atoms with Gasteiger partial charge in [0.15, 0.2) is 0 Å². The third-order valence-electron chi connectivity index (χ3n) is 1.52. The molecule has 0 heterocycles. The Labute approximate surface area is 101 Å². The summed E-state index contributed by atoms with van der Waals surface area (Å²) in [5.74, 6) is 0. The van der Waals surface area contributed by atoms with E-state index in [1.807, 2.05) is 18.2 Å². The van der Waals surface area contributed by atoms with Crippen LogP contribution in [-0.4, -0.2) is 0 Å².